The van der Waals surface area contributed by atoms with E-state index in [-0.39, 0.29) is 36.0 Å². The van der Waals surface area contributed by atoms with Crippen LogP contribution in [0.25, 0.3) is 0 Å². The van der Waals surface area contributed by atoms with Crippen LogP contribution in [0.15, 0.2) is 4.99 Å². The maximum Gasteiger partial charge on any atom is 0.191 e. The van der Waals surface area contributed by atoms with Crippen LogP contribution in [0.3, 0.4) is 0 Å². The first-order chi connectivity index (χ1) is 11.5. The first-order valence-corrected chi connectivity index (χ1v) is 9.52. The van der Waals surface area contributed by atoms with E-state index >= 15 is 0 Å². The number of guanidine groups is 1. The Hall–Kier alpha value is -0.120. The number of hydrogen-bond acceptors (Lipinski definition) is 4. The number of nitrogens with zero attached hydrogens (tertiary/aromatic N) is 3. The van der Waals surface area contributed by atoms with E-state index in [0.717, 1.165) is 64.5 Å². The highest BCUT2D eigenvalue weighted by molar-refractivity contribution is 14.0. The van der Waals surface area contributed by atoms with Gasteiger partial charge in [0.05, 0.1) is 0 Å². The summed E-state index contributed by atoms with van der Waals surface area (Å²) >= 11 is 0. The van der Waals surface area contributed by atoms with E-state index < -0.39 is 0 Å². The van der Waals surface area contributed by atoms with Gasteiger partial charge in [-0.2, -0.15) is 0 Å². The average Bonchev–Trinajstić information content (AvgIpc) is 2.59. The SMILES string of the molecule is CCNC(=NCC(CC)(CC)CCO)NCC1CN(C)CCN1C.I. The van der Waals surface area contributed by atoms with Crippen LogP contribution in [0, 0.1) is 5.41 Å². The third-order valence-corrected chi connectivity index (χ3v) is 5.54. The molecule has 0 aromatic carbocycles. The van der Waals surface area contributed by atoms with Crippen molar-refractivity contribution in [1.82, 2.24) is 20.4 Å². The van der Waals surface area contributed by atoms with Crippen molar-refractivity contribution in [2.45, 2.75) is 46.1 Å². The largest absolute Gasteiger partial charge is 0.396 e. The highest BCUT2D eigenvalue weighted by atomic mass is 127. The Labute approximate surface area is 171 Å². The van der Waals surface area contributed by atoms with Crippen LogP contribution >= 0.6 is 24.0 Å². The van der Waals surface area contributed by atoms with Crippen molar-refractivity contribution in [1.29, 1.82) is 0 Å². The molecule has 0 radical (unpaired) electrons. The summed E-state index contributed by atoms with van der Waals surface area (Å²) < 4.78 is 0. The molecule has 0 aromatic rings. The molecule has 1 saturated heterocycles. The Morgan fingerprint density at radius 3 is 2.40 bits per heavy atom. The smallest absolute Gasteiger partial charge is 0.191 e. The molecule has 7 heteroatoms. The molecular formula is C18H40IN5O. The summed E-state index contributed by atoms with van der Waals surface area (Å²) in [4.78, 5) is 9.63. The van der Waals surface area contributed by atoms with Crippen molar-refractivity contribution in [2.24, 2.45) is 10.4 Å². The molecule has 1 heterocycles. The number of aliphatic hydroxyl groups excluding tert-OH is 1. The van der Waals surface area contributed by atoms with Crippen LogP contribution in [-0.2, 0) is 0 Å². The summed E-state index contributed by atoms with van der Waals surface area (Å²) in [5.74, 6) is 0.892. The van der Waals surface area contributed by atoms with Crippen molar-refractivity contribution in [3.63, 3.8) is 0 Å². The summed E-state index contributed by atoms with van der Waals surface area (Å²) in [7, 11) is 4.38. The van der Waals surface area contributed by atoms with E-state index in [0.29, 0.717) is 6.04 Å². The van der Waals surface area contributed by atoms with Crippen LogP contribution in [-0.4, -0.2) is 86.9 Å². The van der Waals surface area contributed by atoms with E-state index in [1.54, 1.807) is 0 Å². The number of likely N-dealkylation sites (N-methyl/N-ethyl adjacent to an activating group) is 2. The standard InChI is InChI=1S/C18H39N5O.HI/c1-6-18(7-2,9-12-24)15-21-17(19-8-3)20-13-16-14-22(4)10-11-23(16)5;/h16,24H,6-15H2,1-5H3,(H2,19,20,21);1H. The minimum absolute atomic E-state index is 0. The average molecular weight is 469 g/mol. The van der Waals surface area contributed by atoms with Crippen LogP contribution in [0.2, 0.25) is 0 Å². The van der Waals surface area contributed by atoms with Crippen molar-refractivity contribution in [3.8, 4) is 0 Å². The van der Waals surface area contributed by atoms with Crippen molar-refractivity contribution >= 4 is 29.9 Å². The molecule has 1 unspecified atom stereocenters. The van der Waals surface area contributed by atoms with E-state index in [1.165, 1.54) is 0 Å². The van der Waals surface area contributed by atoms with Gasteiger partial charge in [0.1, 0.15) is 0 Å². The minimum Gasteiger partial charge on any atom is -0.396 e. The van der Waals surface area contributed by atoms with Gasteiger partial charge < -0.3 is 20.6 Å². The lowest BCUT2D eigenvalue weighted by Crippen LogP contribution is -2.55. The number of piperazine rings is 1. The third-order valence-electron chi connectivity index (χ3n) is 5.54. The summed E-state index contributed by atoms with van der Waals surface area (Å²) in [6.45, 7) is 12.6. The molecule has 1 fully saturated rings. The first kappa shape index (κ1) is 24.9. The van der Waals surface area contributed by atoms with Crippen molar-refractivity contribution in [3.05, 3.63) is 0 Å². The Morgan fingerprint density at radius 1 is 1.16 bits per heavy atom. The molecule has 0 amide bonds. The van der Waals surface area contributed by atoms with Crippen LogP contribution in [0.1, 0.15) is 40.0 Å². The molecule has 1 atom stereocenters. The molecule has 0 bridgehead atoms. The van der Waals surface area contributed by atoms with Gasteiger partial charge in [0.2, 0.25) is 0 Å². The van der Waals surface area contributed by atoms with Gasteiger partial charge in [-0.25, -0.2) is 0 Å². The number of aliphatic imine (C=N–C) groups is 1. The van der Waals surface area contributed by atoms with Crippen molar-refractivity contribution < 1.29 is 5.11 Å². The monoisotopic (exact) mass is 469 g/mol. The number of rotatable bonds is 9. The van der Waals surface area contributed by atoms with Gasteiger partial charge in [0.25, 0.3) is 0 Å². The maximum absolute atomic E-state index is 9.37. The molecular weight excluding hydrogens is 429 g/mol. The van der Waals surface area contributed by atoms with Crippen LogP contribution < -0.4 is 10.6 Å². The molecule has 150 valence electrons. The molecule has 6 nitrogen and oxygen atoms in total. The summed E-state index contributed by atoms with van der Waals surface area (Å²) in [6.07, 6.45) is 2.91. The predicted octanol–water partition coefficient (Wildman–Crippen LogP) is 1.59. The van der Waals surface area contributed by atoms with Crippen LogP contribution in [0.4, 0.5) is 0 Å². The second kappa shape index (κ2) is 13.1. The number of hydrogen-bond donors (Lipinski definition) is 3. The number of aliphatic hydroxyl groups is 1. The summed E-state index contributed by atoms with van der Waals surface area (Å²) in [5, 5.41) is 16.2. The normalized spacial score (nSPS) is 20.2. The van der Waals surface area contributed by atoms with E-state index in [2.05, 4.69) is 55.3 Å². The Balaban J connectivity index is 0.00000576. The molecule has 0 saturated carbocycles. The second-order valence-electron chi connectivity index (χ2n) is 7.15. The van der Waals surface area contributed by atoms with Crippen molar-refractivity contribution in [2.75, 3.05) is 60.0 Å². The fourth-order valence-electron chi connectivity index (χ4n) is 3.27. The molecule has 1 aliphatic rings. The lowest BCUT2D eigenvalue weighted by atomic mass is 9.79. The zero-order valence-corrected chi connectivity index (χ0v) is 19.2. The van der Waals surface area contributed by atoms with Gasteiger partial charge in [-0.3, -0.25) is 9.89 Å². The van der Waals surface area contributed by atoms with Gasteiger partial charge in [-0.15, -0.1) is 24.0 Å². The molecule has 0 spiro atoms. The van der Waals surface area contributed by atoms with Crippen LogP contribution in [0.5, 0.6) is 0 Å². The summed E-state index contributed by atoms with van der Waals surface area (Å²) in [6, 6.07) is 0.507. The fraction of sp³-hybridized carbons (Fsp3) is 0.944. The Kier molecular flexibility index (Phi) is 13.0. The maximum atomic E-state index is 9.37. The van der Waals surface area contributed by atoms with Gasteiger partial charge in [-0.1, -0.05) is 13.8 Å². The highest BCUT2D eigenvalue weighted by Crippen LogP contribution is 2.30. The van der Waals surface area contributed by atoms with Gasteiger partial charge in [-0.05, 0) is 45.7 Å². The van der Waals surface area contributed by atoms with Gasteiger partial charge in [0, 0.05) is 51.9 Å². The van der Waals surface area contributed by atoms with E-state index in [4.69, 9.17) is 4.99 Å². The predicted molar refractivity (Wildman–Crippen MR) is 118 cm³/mol. The third kappa shape index (κ3) is 8.41. The minimum atomic E-state index is 0. The topological polar surface area (TPSA) is 63.1 Å². The Morgan fingerprint density at radius 2 is 1.84 bits per heavy atom. The fourth-order valence-corrected chi connectivity index (χ4v) is 3.27. The molecule has 0 aromatic heterocycles. The molecule has 1 rings (SSSR count). The molecule has 3 N–H and O–H groups in total. The summed E-state index contributed by atoms with van der Waals surface area (Å²) in [5.41, 5.74) is 0.110. The Bertz CT molecular complexity index is 376. The molecule has 0 aliphatic carbocycles. The quantitative estimate of drug-likeness (QED) is 0.272. The first-order valence-electron chi connectivity index (χ1n) is 9.52. The number of halogens is 1. The van der Waals surface area contributed by atoms with E-state index in [1.807, 2.05) is 0 Å². The molecule has 25 heavy (non-hydrogen) atoms. The van der Waals surface area contributed by atoms with Gasteiger partial charge >= 0.3 is 0 Å². The molecule has 1 aliphatic heterocycles. The lowest BCUT2D eigenvalue weighted by molar-refractivity contribution is 0.116. The zero-order chi connectivity index (χ0) is 18.0. The highest BCUT2D eigenvalue weighted by Gasteiger charge is 2.26. The number of nitrogens with one attached hydrogen (secondary N) is 2. The van der Waals surface area contributed by atoms with Gasteiger partial charge in [0.15, 0.2) is 5.96 Å². The lowest BCUT2D eigenvalue weighted by Gasteiger charge is -2.38. The zero-order valence-electron chi connectivity index (χ0n) is 16.8. The second-order valence-corrected chi connectivity index (χ2v) is 7.15. The van der Waals surface area contributed by atoms with E-state index in [9.17, 15) is 5.11 Å².